The molecule has 0 aliphatic heterocycles. The third-order valence-electron chi connectivity index (χ3n) is 2.67. The molecular formula is C13H18N2O4. The highest BCUT2D eigenvalue weighted by Gasteiger charge is 2.16. The second kappa shape index (κ2) is 6.63. The summed E-state index contributed by atoms with van der Waals surface area (Å²) in [6, 6.07) is 4.60. The lowest BCUT2D eigenvalue weighted by atomic mass is 10.2. The molecule has 6 heteroatoms. The van der Waals surface area contributed by atoms with Crippen molar-refractivity contribution < 1.29 is 19.1 Å². The second-order valence-electron chi connectivity index (χ2n) is 3.94. The van der Waals surface area contributed by atoms with E-state index in [-0.39, 0.29) is 18.1 Å². The summed E-state index contributed by atoms with van der Waals surface area (Å²) in [5, 5.41) is 0. The van der Waals surface area contributed by atoms with Crippen molar-refractivity contribution in [3.05, 3.63) is 23.8 Å². The van der Waals surface area contributed by atoms with E-state index in [4.69, 9.17) is 15.2 Å². The highest BCUT2D eigenvalue weighted by Crippen LogP contribution is 2.22. The van der Waals surface area contributed by atoms with Crippen molar-refractivity contribution in [3.63, 3.8) is 0 Å². The van der Waals surface area contributed by atoms with Crippen LogP contribution in [0.3, 0.4) is 0 Å². The van der Waals surface area contributed by atoms with Crippen molar-refractivity contribution in [1.29, 1.82) is 0 Å². The summed E-state index contributed by atoms with van der Waals surface area (Å²) in [6.07, 6.45) is 0. The van der Waals surface area contributed by atoms with Gasteiger partial charge in [0.2, 0.25) is 0 Å². The third kappa shape index (κ3) is 3.87. The summed E-state index contributed by atoms with van der Waals surface area (Å²) in [7, 11) is 3.07. The van der Waals surface area contributed by atoms with Gasteiger partial charge in [0.15, 0.2) is 6.61 Å². The van der Waals surface area contributed by atoms with Gasteiger partial charge in [0, 0.05) is 25.3 Å². The van der Waals surface area contributed by atoms with Crippen LogP contribution in [0.1, 0.15) is 17.3 Å². The van der Waals surface area contributed by atoms with Crippen LogP contribution in [-0.4, -0.2) is 44.1 Å². The average Bonchev–Trinajstić information content (AvgIpc) is 2.43. The smallest absolute Gasteiger partial charge is 0.342 e. The summed E-state index contributed by atoms with van der Waals surface area (Å²) < 4.78 is 9.99. The standard InChI is InChI=1S/C13H18N2O4/c1-4-15(2)12(16)8-19-13(17)10-6-5-9(14)7-11(10)18-3/h5-7H,4,8,14H2,1-3H3. The minimum atomic E-state index is -0.616. The number of amides is 1. The number of nitrogens with zero attached hydrogens (tertiary/aromatic N) is 1. The minimum absolute atomic E-state index is 0.239. The molecule has 0 spiro atoms. The predicted molar refractivity (Wildman–Crippen MR) is 71.0 cm³/mol. The zero-order valence-corrected chi connectivity index (χ0v) is 11.3. The molecule has 0 saturated heterocycles. The number of esters is 1. The number of benzene rings is 1. The fourth-order valence-corrected chi connectivity index (χ4v) is 1.37. The van der Waals surface area contributed by atoms with Crippen LogP contribution in [0.25, 0.3) is 0 Å². The Morgan fingerprint density at radius 3 is 2.63 bits per heavy atom. The molecular weight excluding hydrogens is 248 g/mol. The van der Waals surface area contributed by atoms with Crippen LogP contribution in [0.15, 0.2) is 18.2 Å². The first kappa shape index (κ1) is 14.8. The van der Waals surface area contributed by atoms with Crippen LogP contribution in [-0.2, 0) is 9.53 Å². The van der Waals surface area contributed by atoms with Crippen molar-refractivity contribution >= 4 is 17.6 Å². The number of hydrogen-bond donors (Lipinski definition) is 1. The average molecular weight is 266 g/mol. The van der Waals surface area contributed by atoms with Crippen molar-refractivity contribution in [2.45, 2.75) is 6.92 Å². The monoisotopic (exact) mass is 266 g/mol. The van der Waals surface area contributed by atoms with Crippen LogP contribution in [0.2, 0.25) is 0 Å². The SMILES string of the molecule is CCN(C)C(=O)COC(=O)c1ccc(N)cc1OC. The Balaban J connectivity index is 2.71. The van der Waals surface area contributed by atoms with Crippen LogP contribution in [0.4, 0.5) is 5.69 Å². The van der Waals surface area contributed by atoms with Crippen molar-refractivity contribution in [2.75, 3.05) is 33.0 Å². The van der Waals surface area contributed by atoms with E-state index in [1.165, 1.54) is 24.1 Å². The van der Waals surface area contributed by atoms with Gasteiger partial charge < -0.3 is 20.1 Å². The molecule has 104 valence electrons. The van der Waals surface area contributed by atoms with Gasteiger partial charge in [-0.3, -0.25) is 4.79 Å². The molecule has 1 rings (SSSR count). The second-order valence-corrected chi connectivity index (χ2v) is 3.94. The van der Waals surface area contributed by atoms with Crippen LogP contribution < -0.4 is 10.5 Å². The molecule has 0 aromatic heterocycles. The van der Waals surface area contributed by atoms with E-state index in [0.29, 0.717) is 18.0 Å². The molecule has 1 amide bonds. The number of carbonyl (C=O) groups excluding carboxylic acids is 2. The Hall–Kier alpha value is -2.24. The Bertz CT molecular complexity index is 474. The van der Waals surface area contributed by atoms with Gasteiger partial charge in [-0.2, -0.15) is 0 Å². The van der Waals surface area contributed by atoms with Gasteiger partial charge in [-0.25, -0.2) is 4.79 Å². The van der Waals surface area contributed by atoms with E-state index in [2.05, 4.69) is 0 Å². The summed E-state index contributed by atoms with van der Waals surface area (Å²) >= 11 is 0. The molecule has 0 atom stereocenters. The highest BCUT2D eigenvalue weighted by atomic mass is 16.5. The van der Waals surface area contributed by atoms with Crippen molar-refractivity contribution in [1.82, 2.24) is 4.90 Å². The molecule has 0 radical (unpaired) electrons. The Labute approximate surface area is 112 Å². The van der Waals surface area contributed by atoms with Crippen LogP contribution in [0.5, 0.6) is 5.75 Å². The molecule has 0 fully saturated rings. The first-order valence-electron chi connectivity index (χ1n) is 5.84. The molecule has 1 aromatic rings. The number of ether oxygens (including phenoxy) is 2. The number of rotatable bonds is 5. The molecule has 0 heterocycles. The Kier molecular flexibility index (Phi) is 5.17. The van der Waals surface area contributed by atoms with Gasteiger partial charge in [-0.15, -0.1) is 0 Å². The zero-order valence-electron chi connectivity index (χ0n) is 11.3. The lowest BCUT2D eigenvalue weighted by Crippen LogP contribution is -2.31. The first-order chi connectivity index (χ1) is 8.99. The molecule has 6 nitrogen and oxygen atoms in total. The summed E-state index contributed by atoms with van der Waals surface area (Å²) in [4.78, 5) is 24.8. The lowest BCUT2D eigenvalue weighted by Gasteiger charge is -2.14. The Morgan fingerprint density at radius 2 is 2.05 bits per heavy atom. The number of carbonyl (C=O) groups is 2. The van der Waals surface area contributed by atoms with E-state index in [1.54, 1.807) is 13.1 Å². The van der Waals surface area contributed by atoms with Gasteiger partial charge in [0.1, 0.15) is 11.3 Å². The maximum absolute atomic E-state index is 11.8. The highest BCUT2D eigenvalue weighted by molar-refractivity contribution is 5.94. The van der Waals surface area contributed by atoms with Gasteiger partial charge >= 0.3 is 5.97 Å². The molecule has 0 aliphatic rings. The fraction of sp³-hybridized carbons (Fsp3) is 0.385. The molecule has 0 bridgehead atoms. The van der Waals surface area contributed by atoms with Crippen molar-refractivity contribution in [2.24, 2.45) is 0 Å². The van der Waals surface area contributed by atoms with Gasteiger partial charge in [-0.1, -0.05) is 0 Å². The number of hydrogen-bond acceptors (Lipinski definition) is 5. The minimum Gasteiger partial charge on any atom is -0.496 e. The summed E-state index contributed by atoms with van der Waals surface area (Å²) in [5.41, 5.74) is 6.31. The molecule has 2 N–H and O–H groups in total. The van der Waals surface area contributed by atoms with Gasteiger partial charge in [-0.05, 0) is 19.1 Å². The summed E-state index contributed by atoms with van der Waals surface area (Å²) in [5.74, 6) is -0.554. The fourth-order valence-electron chi connectivity index (χ4n) is 1.37. The maximum atomic E-state index is 11.8. The molecule has 0 unspecified atom stereocenters. The molecule has 1 aromatic carbocycles. The molecule has 0 aliphatic carbocycles. The topological polar surface area (TPSA) is 81.9 Å². The number of methoxy groups -OCH3 is 1. The number of anilines is 1. The lowest BCUT2D eigenvalue weighted by molar-refractivity contribution is -0.133. The van der Waals surface area contributed by atoms with E-state index in [0.717, 1.165) is 0 Å². The zero-order chi connectivity index (χ0) is 14.4. The Morgan fingerprint density at radius 1 is 1.37 bits per heavy atom. The van der Waals surface area contributed by atoms with E-state index in [9.17, 15) is 9.59 Å². The maximum Gasteiger partial charge on any atom is 0.342 e. The predicted octanol–water partition coefficient (Wildman–Crippen LogP) is 0.912. The largest absolute Gasteiger partial charge is 0.496 e. The number of nitrogens with two attached hydrogens (primary N) is 1. The van der Waals surface area contributed by atoms with E-state index < -0.39 is 5.97 Å². The number of nitrogen functional groups attached to an aromatic ring is 1. The quantitative estimate of drug-likeness (QED) is 0.633. The molecule has 0 saturated carbocycles. The van der Waals surface area contributed by atoms with Gasteiger partial charge in [0.05, 0.1) is 7.11 Å². The van der Waals surface area contributed by atoms with Crippen molar-refractivity contribution in [3.8, 4) is 5.75 Å². The molecule has 19 heavy (non-hydrogen) atoms. The third-order valence-corrected chi connectivity index (χ3v) is 2.67. The van der Waals surface area contributed by atoms with Crippen LogP contribution in [0, 0.1) is 0 Å². The summed E-state index contributed by atoms with van der Waals surface area (Å²) in [6.45, 7) is 2.10. The first-order valence-corrected chi connectivity index (χ1v) is 5.84. The van der Waals surface area contributed by atoms with Gasteiger partial charge in [0.25, 0.3) is 5.91 Å². The van der Waals surface area contributed by atoms with Crippen LogP contribution >= 0.6 is 0 Å². The number of likely N-dealkylation sites (N-methyl/N-ethyl adjacent to an activating group) is 1. The normalized spacial score (nSPS) is 9.84. The van der Waals surface area contributed by atoms with E-state index in [1.807, 2.05) is 6.92 Å². The van der Waals surface area contributed by atoms with E-state index >= 15 is 0 Å².